The summed E-state index contributed by atoms with van der Waals surface area (Å²) in [7, 11) is 3.78. The van der Waals surface area contributed by atoms with E-state index in [9.17, 15) is 4.79 Å². The molecule has 1 amide bonds. The maximum atomic E-state index is 13.9. The van der Waals surface area contributed by atoms with E-state index in [2.05, 4.69) is 30.7 Å². The second-order valence-corrected chi connectivity index (χ2v) is 8.70. The van der Waals surface area contributed by atoms with Crippen molar-refractivity contribution in [1.82, 2.24) is 4.90 Å². The smallest absolute Gasteiger partial charge is 0.264 e. The minimum atomic E-state index is -0.669. The Balaban J connectivity index is 1.68. The molecule has 3 heterocycles. The number of likely N-dealkylation sites (tertiary alicyclic amines) is 1. The largest absolute Gasteiger partial charge is 0.376 e. The highest BCUT2D eigenvalue weighted by atomic mass is 16.7. The van der Waals surface area contributed by atoms with Gasteiger partial charge in [0.05, 0.1) is 25.5 Å². The highest BCUT2D eigenvalue weighted by Crippen LogP contribution is 2.73. The van der Waals surface area contributed by atoms with Crippen molar-refractivity contribution >= 4 is 11.6 Å². The van der Waals surface area contributed by atoms with Crippen LogP contribution in [0.1, 0.15) is 12.0 Å². The van der Waals surface area contributed by atoms with Crippen molar-refractivity contribution in [2.75, 3.05) is 32.4 Å². The van der Waals surface area contributed by atoms with Crippen LogP contribution in [0.4, 0.5) is 5.69 Å². The van der Waals surface area contributed by atoms with Crippen LogP contribution in [0.5, 0.6) is 0 Å². The zero-order valence-corrected chi connectivity index (χ0v) is 15.2. The number of para-hydroxylation sites is 1. The maximum absolute atomic E-state index is 13.9. The summed E-state index contributed by atoms with van der Waals surface area (Å²) >= 11 is 0. The molecule has 1 spiro atoms. The normalized spacial score (nSPS) is 47.8. The lowest BCUT2D eigenvalue weighted by Gasteiger charge is -2.54. The average Bonchev–Trinajstić information content (AvgIpc) is 3.13. The first-order valence-electron chi connectivity index (χ1n) is 9.55. The first-order valence-corrected chi connectivity index (χ1v) is 9.55. The Kier molecular flexibility index (Phi) is 2.71. The summed E-state index contributed by atoms with van der Waals surface area (Å²) in [4.78, 5) is 21.9. The molecule has 5 aliphatic rings. The number of piperidine rings is 1. The van der Waals surface area contributed by atoms with E-state index in [1.54, 1.807) is 7.11 Å². The third kappa shape index (κ3) is 1.30. The van der Waals surface area contributed by atoms with Crippen molar-refractivity contribution in [2.45, 2.75) is 24.0 Å². The molecule has 5 heteroatoms. The van der Waals surface area contributed by atoms with Crippen LogP contribution in [0.3, 0.4) is 0 Å². The topological polar surface area (TPSA) is 42.0 Å². The molecular formula is C21H24N2O3. The van der Waals surface area contributed by atoms with Gasteiger partial charge < -0.3 is 9.64 Å². The Bertz CT molecular complexity index is 840. The molecule has 1 aromatic carbocycles. The van der Waals surface area contributed by atoms with E-state index in [1.807, 2.05) is 18.2 Å². The van der Waals surface area contributed by atoms with Crippen LogP contribution in [0.15, 0.2) is 36.9 Å². The van der Waals surface area contributed by atoms with Crippen molar-refractivity contribution in [3.05, 3.63) is 42.5 Å². The Hall–Kier alpha value is -1.69. The predicted molar refractivity (Wildman–Crippen MR) is 96.5 cm³/mol. The summed E-state index contributed by atoms with van der Waals surface area (Å²) in [6, 6.07) is 8.47. The minimum absolute atomic E-state index is 0.0170. The first kappa shape index (κ1) is 15.4. The molecule has 2 saturated carbocycles. The van der Waals surface area contributed by atoms with Crippen LogP contribution in [0.2, 0.25) is 0 Å². The fourth-order valence-electron chi connectivity index (χ4n) is 7.64. The van der Waals surface area contributed by atoms with E-state index >= 15 is 0 Å². The number of nitrogens with zero attached hydrogens (tertiary/aromatic N) is 2. The molecule has 6 rings (SSSR count). The molecule has 5 bridgehead atoms. The van der Waals surface area contributed by atoms with Crippen LogP contribution < -0.4 is 5.06 Å². The minimum Gasteiger partial charge on any atom is -0.376 e. The third-order valence-electron chi connectivity index (χ3n) is 8.22. The van der Waals surface area contributed by atoms with Crippen LogP contribution in [-0.2, 0) is 19.8 Å². The van der Waals surface area contributed by atoms with Gasteiger partial charge in [-0.25, -0.2) is 0 Å². The molecule has 2 saturated heterocycles. The molecule has 26 heavy (non-hydrogen) atoms. The van der Waals surface area contributed by atoms with Gasteiger partial charge in [0.2, 0.25) is 0 Å². The Morgan fingerprint density at radius 1 is 1.38 bits per heavy atom. The van der Waals surface area contributed by atoms with Crippen molar-refractivity contribution in [3.63, 3.8) is 0 Å². The number of carbonyl (C=O) groups is 1. The number of hydrogen-bond acceptors (Lipinski definition) is 4. The second kappa shape index (κ2) is 4.58. The van der Waals surface area contributed by atoms with Crippen LogP contribution in [0, 0.1) is 23.2 Å². The zero-order valence-electron chi connectivity index (χ0n) is 15.2. The van der Waals surface area contributed by atoms with E-state index in [0.717, 1.165) is 30.8 Å². The number of benzene rings is 1. The average molecular weight is 352 g/mol. The standard InChI is InChI=1S/C21H24N2O3/c1-4-20-11-22(2)17-12-10-26-16(9-14(12)20)21(18(17)20)13-7-5-6-8-15(13)23(25-3)19(21)24/h4-8,12,14,16-18H,1,9-11H2,2-3H3/t12-,14+,16+,17+,18+,20-,21-/m0/s1. The summed E-state index contributed by atoms with van der Waals surface area (Å²) in [6.45, 7) is 6.00. The highest BCUT2D eigenvalue weighted by molar-refractivity contribution is 6.08. The van der Waals surface area contributed by atoms with Gasteiger partial charge >= 0.3 is 0 Å². The van der Waals surface area contributed by atoms with Gasteiger partial charge in [0, 0.05) is 29.8 Å². The quantitative estimate of drug-likeness (QED) is 0.764. The molecule has 5 nitrogen and oxygen atoms in total. The molecule has 7 atom stereocenters. The molecule has 0 aromatic heterocycles. The van der Waals surface area contributed by atoms with Gasteiger partial charge in [-0.3, -0.25) is 9.63 Å². The molecule has 3 aliphatic heterocycles. The fourth-order valence-corrected chi connectivity index (χ4v) is 7.64. The number of hydroxylamine groups is 1. The van der Waals surface area contributed by atoms with Crippen LogP contribution in [0.25, 0.3) is 0 Å². The Morgan fingerprint density at radius 2 is 2.19 bits per heavy atom. The Labute approximate surface area is 153 Å². The number of anilines is 1. The van der Waals surface area contributed by atoms with Crippen molar-refractivity contribution in [1.29, 1.82) is 0 Å². The van der Waals surface area contributed by atoms with E-state index in [-0.39, 0.29) is 23.3 Å². The summed E-state index contributed by atoms with van der Waals surface area (Å²) in [5.74, 6) is 1.31. The van der Waals surface area contributed by atoms with Crippen molar-refractivity contribution in [2.24, 2.45) is 23.2 Å². The van der Waals surface area contributed by atoms with E-state index in [1.165, 1.54) is 5.06 Å². The van der Waals surface area contributed by atoms with Crippen LogP contribution in [-0.4, -0.2) is 50.3 Å². The predicted octanol–water partition coefficient (Wildman–Crippen LogP) is 1.98. The van der Waals surface area contributed by atoms with Crippen molar-refractivity contribution < 1.29 is 14.4 Å². The molecule has 0 N–H and O–H groups in total. The first-order chi connectivity index (χ1) is 12.6. The van der Waals surface area contributed by atoms with E-state index < -0.39 is 5.41 Å². The number of carbonyl (C=O) groups excluding carboxylic acids is 1. The summed E-state index contributed by atoms with van der Waals surface area (Å²) in [6.07, 6.45) is 3.04. The van der Waals surface area contributed by atoms with Gasteiger partial charge in [-0.1, -0.05) is 24.3 Å². The SMILES string of the molecule is C=C[C@]12CN(C)[C@@H]3[C@H]4CO[C@H](C[C@H]41)[C@]1(C(=O)N(OC)c4ccccc41)[C@H]32. The van der Waals surface area contributed by atoms with E-state index in [4.69, 9.17) is 9.57 Å². The molecule has 136 valence electrons. The number of ether oxygens (including phenoxy) is 1. The van der Waals surface area contributed by atoms with Crippen LogP contribution >= 0.6 is 0 Å². The maximum Gasteiger partial charge on any atom is 0.264 e. The lowest BCUT2D eigenvalue weighted by molar-refractivity contribution is -0.159. The zero-order chi connectivity index (χ0) is 17.8. The molecule has 2 aliphatic carbocycles. The van der Waals surface area contributed by atoms with Crippen molar-refractivity contribution in [3.8, 4) is 0 Å². The summed E-state index contributed by atoms with van der Waals surface area (Å²) in [5.41, 5.74) is 1.27. The molecule has 1 aromatic rings. The van der Waals surface area contributed by atoms with Gasteiger partial charge in [0.25, 0.3) is 5.91 Å². The second-order valence-electron chi connectivity index (χ2n) is 8.70. The number of hydrogen-bond donors (Lipinski definition) is 0. The Morgan fingerprint density at radius 3 is 2.96 bits per heavy atom. The van der Waals surface area contributed by atoms with Gasteiger partial charge in [-0.15, -0.1) is 6.58 Å². The number of rotatable bonds is 2. The molecular weight excluding hydrogens is 328 g/mol. The molecule has 0 radical (unpaired) electrons. The monoisotopic (exact) mass is 352 g/mol. The van der Waals surface area contributed by atoms with Gasteiger partial charge in [-0.05, 0) is 31.0 Å². The fraction of sp³-hybridized carbons (Fsp3) is 0.571. The molecule has 0 unspecified atom stereocenters. The van der Waals surface area contributed by atoms with Gasteiger partial charge in [0.1, 0.15) is 5.41 Å². The van der Waals surface area contributed by atoms with Gasteiger partial charge in [0.15, 0.2) is 0 Å². The number of amides is 1. The third-order valence-corrected chi connectivity index (χ3v) is 8.22. The lowest BCUT2D eigenvalue weighted by Crippen LogP contribution is -2.63. The van der Waals surface area contributed by atoms with Gasteiger partial charge in [-0.2, -0.15) is 5.06 Å². The molecule has 4 fully saturated rings. The van der Waals surface area contributed by atoms with E-state index in [0.29, 0.717) is 17.9 Å². The lowest BCUT2D eigenvalue weighted by atomic mass is 9.51. The highest BCUT2D eigenvalue weighted by Gasteiger charge is 2.80. The summed E-state index contributed by atoms with van der Waals surface area (Å²) in [5, 5.41) is 1.50. The summed E-state index contributed by atoms with van der Waals surface area (Å²) < 4.78 is 6.39. The number of fused-ring (bicyclic) bond motifs is 5.